The fourth-order valence-corrected chi connectivity index (χ4v) is 1.89. The van der Waals surface area contributed by atoms with E-state index in [1.807, 2.05) is 0 Å². The molecule has 0 saturated carbocycles. The van der Waals surface area contributed by atoms with Gasteiger partial charge in [-0.05, 0) is 38.9 Å². The second-order valence-corrected chi connectivity index (χ2v) is 4.98. The molecule has 0 spiro atoms. The minimum Gasteiger partial charge on any atom is -0.315 e. The van der Waals surface area contributed by atoms with Gasteiger partial charge in [0, 0.05) is 12.6 Å². The van der Waals surface area contributed by atoms with E-state index in [1.165, 1.54) is 25.8 Å². The second kappa shape index (κ2) is 9.17. The van der Waals surface area contributed by atoms with E-state index in [2.05, 4.69) is 45.0 Å². The van der Waals surface area contributed by atoms with Crippen LogP contribution in [0.1, 0.15) is 47.0 Å². The van der Waals surface area contributed by atoms with Crippen LogP contribution in [0, 0.1) is 5.92 Å². The Morgan fingerprint density at radius 2 is 1.73 bits per heavy atom. The molecule has 0 aromatic heterocycles. The summed E-state index contributed by atoms with van der Waals surface area (Å²) >= 11 is 0. The molecule has 0 bridgehead atoms. The van der Waals surface area contributed by atoms with Crippen LogP contribution >= 0.6 is 0 Å². The highest BCUT2D eigenvalue weighted by Gasteiger charge is 2.12. The first-order valence-electron chi connectivity index (χ1n) is 6.52. The molecule has 0 aliphatic heterocycles. The second-order valence-electron chi connectivity index (χ2n) is 4.98. The first-order chi connectivity index (χ1) is 7.11. The molecule has 0 fully saturated rings. The molecule has 0 aliphatic rings. The summed E-state index contributed by atoms with van der Waals surface area (Å²) in [5, 5.41) is 3.57. The molecule has 2 heteroatoms. The molecule has 0 rings (SSSR count). The Bertz CT molecular complexity index is 134. The van der Waals surface area contributed by atoms with E-state index in [4.69, 9.17) is 0 Å². The largest absolute Gasteiger partial charge is 0.315 e. The minimum atomic E-state index is 0.716. The van der Waals surface area contributed by atoms with E-state index < -0.39 is 0 Å². The first-order valence-corrected chi connectivity index (χ1v) is 6.52. The lowest BCUT2D eigenvalue weighted by molar-refractivity contribution is 0.221. The Hall–Kier alpha value is -0.0800. The minimum absolute atomic E-state index is 0.716. The Morgan fingerprint density at radius 3 is 2.20 bits per heavy atom. The number of nitrogens with zero attached hydrogens (tertiary/aromatic N) is 1. The molecule has 0 saturated heterocycles. The summed E-state index contributed by atoms with van der Waals surface area (Å²) in [6.45, 7) is 12.5. The van der Waals surface area contributed by atoms with Crippen molar-refractivity contribution in [3.8, 4) is 0 Å². The van der Waals surface area contributed by atoms with Gasteiger partial charge in [0.1, 0.15) is 0 Å². The molecule has 15 heavy (non-hydrogen) atoms. The van der Waals surface area contributed by atoms with Crippen molar-refractivity contribution in [2.75, 3.05) is 26.7 Å². The van der Waals surface area contributed by atoms with Crippen LogP contribution in [0.4, 0.5) is 0 Å². The summed E-state index contributed by atoms with van der Waals surface area (Å²) in [5.74, 6) is 0.753. The van der Waals surface area contributed by atoms with E-state index in [0.29, 0.717) is 6.04 Å². The van der Waals surface area contributed by atoms with Gasteiger partial charge in [-0.3, -0.25) is 0 Å². The number of hydrogen-bond donors (Lipinski definition) is 1. The van der Waals surface area contributed by atoms with Crippen LogP contribution in [-0.2, 0) is 0 Å². The number of hydrogen-bond acceptors (Lipinski definition) is 2. The maximum atomic E-state index is 3.57. The van der Waals surface area contributed by atoms with Gasteiger partial charge in [-0.1, -0.05) is 34.1 Å². The van der Waals surface area contributed by atoms with Crippen molar-refractivity contribution in [1.29, 1.82) is 0 Å². The Kier molecular flexibility index (Phi) is 9.12. The number of nitrogens with one attached hydrogen (secondary N) is 1. The molecule has 1 atom stereocenters. The third kappa shape index (κ3) is 7.80. The van der Waals surface area contributed by atoms with Crippen LogP contribution in [0.15, 0.2) is 0 Å². The molecule has 92 valence electrons. The van der Waals surface area contributed by atoms with Crippen molar-refractivity contribution in [3.05, 3.63) is 0 Å². The zero-order chi connectivity index (χ0) is 11.7. The van der Waals surface area contributed by atoms with Gasteiger partial charge in [0.2, 0.25) is 0 Å². The van der Waals surface area contributed by atoms with Crippen molar-refractivity contribution in [2.24, 2.45) is 5.92 Å². The predicted molar refractivity (Wildman–Crippen MR) is 69.3 cm³/mol. The van der Waals surface area contributed by atoms with Gasteiger partial charge < -0.3 is 10.2 Å². The molecule has 0 radical (unpaired) electrons. The topological polar surface area (TPSA) is 15.3 Å². The summed E-state index contributed by atoms with van der Waals surface area (Å²) in [4.78, 5) is 2.50. The fraction of sp³-hybridized carbons (Fsp3) is 1.00. The zero-order valence-corrected chi connectivity index (χ0v) is 11.3. The van der Waals surface area contributed by atoms with Crippen molar-refractivity contribution in [2.45, 2.75) is 53.0 Å². The molecule has 0 heterocycles. The monoisotopic (exact) mass is 214 g/mol. The van der Waals surface area contributed by atoms with Crippen LogP contribution in [0.25, 0.3) is 0 Å². The highest BCUT2D eigenvalue weighted by atomic mass is 15.1. The average Bonchev–Trinajstić information content (AvgIpc) is 2.16. The van der Waals surface area contributed by atoms with Gasteiger partial charge in [-0.25, -0.2) is 0 Å². The molecular weight excluding hydrogens is 184 g/mol. The van der Waals surface area contributed by atoms with Crippen LogP contribution in [0.3, 0.4) is 0 Å². The SMILES string of the molecule is CCCC(CNCC(C)C)N(C)CCC. The highest BCUT2D eigenvalue weighted by Crippen LogP contribution is 2.05. The summed E-state index contributed by atoms with van der Waals surface area (Å²) in [5.41, 5.74) is 0. The van der Waals surface area contributed by atoms with Crippen molar-refractivity contribution >= 4 is 0 Å². The van der Waals surface area contributed by atoms with Gasteiger partial charge >= 0.3 is 0 Å². The van der Waals surface area contributed by atoms with Crippen molar-refractivity contribution in [1.82, 2.24) is 10.2 Å². The summed E-state index contributed by atoms with van der Waals surface area (Å²) in [6, 6.07) is 0.716. The number of rotatable bonds is 9. The van der Waals surface area contributed by atoms with Gasteiger partial charge in [0.15, 0.2) is 0 Å². The summed E-state index contributed by atoms with van der Waals surface area (Å²) in [7, 11) is 2.25. The van der Waals surface area contributed by atoms with Gasteiger partial charge in [-0.15, -0.1) is 0 Å². The summed E-state index contributed by atoms with van der Waals surface area (Å²) < 4.78 is 0. The Morgan fingerprint density at radius 1 is 1.07 bits per heavy atom. The van der Waals surface area contributed by atoms with E-state index >= 15 is 0 Å². The lowest BCUT2D eigenvalue weighted by Gasteiger charge is -2.28. The standard InChI is InChI=1S/C13H30N2/c1-6-8-13(15(5)9-7-2)11-14-10-12(3)4/h12-14H,6-11H2,1-5H3. The van der Waals surface area contributed by atoms with Crippen LogP contribution in [-0.4, -0.2) is 37.6 Å². The van der Waals surface area contributed by atoms with Crippen molar-refractivity contribution < 1.29 is 0 Å². The number of likely N-dealkylation sites (N-methyl/N-ethyl adjacent to an activating group) is 1. The van der Waals surface area contributed by atoms with E-state index in [1.54, 1.807) is 0 Å². The molecule has 1 unspecified atom stereocenters. The fourth-order valence-electron chi connectivity index (χ4n) is 1.89. The smallest absolute Gasteiger partial charge is 0.0217 e. The molecule has 0 amide bonds. The van der Waals surface area contributed by atoms with Crippen LogP contribution in [0.5, 0.6) is 0 Å². The molecule has 1 N–H and O–H groups in total. The van der Waals surface area contributed by atoms with E-state index in [0.717, 1.165) is 19.0 Å². The van der Waals surface area contributed by atoms with Gasteiger partial charge in [0.05, 0.1) is 0 Å². The highest BCUT2D eigenvalue weighted by molar-refractivity contribution is 4.71. The maximum absolute atomic E-state index is 3.57. The molecule has 2 nitrogen and oxygen atoms in total. The van der Waals surface area contributed by atoms with Gasteiger partial charge in [-0.2, -0.15) is 0 Å². The molecule has 0 aromatic rings. The van der Waals surface area contributed by atoms with Gasteiger partial charge in [0.25, 0.3) is 0 Å². The first kappa shape index (κ1) is 14.9. The normalized spacial score (nSPS) is 13.8. The average molecular weight is 214 g/mol. The third-order valence-electron chi connectivity index (χ3n) is 2.75. The van der Waals surface area contributed by atoms with Crippen LogP contribution < -0.4 is 5.32 Å². The lowest BCUT2D eigenvalue weighted by atomic mass is 10.1. The Balaban J connectivity index is 3.81. The lowest BCUT2D eigenvalue weighted by Crippen LogP contribution is -2.41. The third-order valence-corrected chi connectivity index (χ3v) is 2.75. The zero-order valence-electron chi connectivity index (χ0n) is 11.3. The van der Waals surface area contributed by atoms with E-state index in [9.17, 15) is 0 Å². The van der Waals surface area contributed by atoms with E-state index in [-0.39, 0.29) is 0 Å². The quantitative estimate of drug-likeness (QED) is 0.635. The molecule has 0 aromatic carbocycles. The maximum Gasteiger partial charge on any atom is 0.0217 e. The Labute approximate surface area is 96.4 Å². The predicted octanol–water partition coefficient (Wildman–Crippen LogP) is 2.74. The molecule has 0 aliphatic carbocycles. The molecular formula is C13H30N2. The van der Waals surface area contributed by atoms with Crippen LogP contribution in [0.2, 0.25) is 0 Å². The summed E-state index contributed by atoms with van der Waals surface area (Å²) in [6.07, 6.45) is 3.84. The van der Waals surface area contributed by atoms with Crippen molar-refractivity contribution in [3.63, 3.8) is 0 Å².